The number of nitrogens with one attached hydrogen (secondary N) is 1. The van der Waals surface area contributed by atoms with Crippen molar-refractivity contribution < 1.29 is 4.79 Å². The van der Waals surface area contributed by atoms with Gasteiger partial charge in [-0.1, -0.05) is 36.4 Å². The van der Waals surface area contributed by atoms with Crippen LogP contribution in [0.2, 0.25) is 0 Å². The van der Waals surface area contributed by atoms with E-state index < -0.39 is 0 Å². The number of rotatable bonds is 7. The lowest BCUT2D eigenvalue weighted by Crippen LogP contribution is -2.48. The molecule has 0 saturated carbocycles. The van der Waals surface area contributed by atoms with Crippen molar-refractivity contribution in [2.24, 2.45) is 0 Å². The first-order valence-corrected chi connectivity index (χ1v) is 11.2. The summed E-state index contributed by atoms with van der Waals surface area (Å²) in [6, 6.07) is 24.4. The second-order valence-corrected chi connectivity index (χ2v) is 8.30. The van der Waals surface area contributed by atoms with Crippen LogP contribution in [0.5, 0.6) is 0 Å². The SMILES string of the molecule is O=C(CN1CCN(c2ccccc2)CC1)Nc1cccc(CSc2ccccn2)c1. The zero-order valence-corrected chi connectivity index (χ0v) is 17.7. The quantitative estimate of drug-likeness (QED) is 0.585. The predicted molar refractivity (Wildman–Crippen MR) is 124 cm³/mol. The minimum Gasteiger partial charge on any atom is -0.369 e. The molecule has 0 unspecified atom stereocenters. The van der Waals surface area contributed by atoms with E-state index in [2.05, 4.69) is 50.4 Å². The van der Waals surface area contributed by atoms with Gasteiger partial charge in [-0.25, -0.2) is 4.98 Å². The van der Waals surface area contributed by atoms with Gasteiger partial charge in [-0.2, -0.15) is 0 Å². The lowest BCUT2D eigenvalue weighted by atomic mass is 10.2. The summed E-state index contributed by atoms with van der Waals surface area (Å²) in [5.41, 5.74) is 3.27. The van der Waals surface area contributed by atoms with Gasteiger partial charge in [-0.3, -0.25) is 9.69 Å². The number of carbonyl (C=O) groups excluding carboxylic acids is 1. The van der Waals surface area contributed by atoms with E-state index in [1.54, 1.807) is 18.0 Å². The molecule has 1 saturated heterocycles. The molecule has 1 amide bonds. The third kappa shape index (κ3) is 5.84. The molecule has 2 heterocycles. The Morgan fingerprint density at radius 3 is 2.50 bits per heavy atom. The average Bonchev–Trinajstić information content (AvgIpc) is 2.80. The molecule has 1 aliphatic heterocycles. The summed E-state index contributed by atoms with van der Waals surface area (Å²) in [6.45, 7) is 4.09. The van der Waals surface area contributed by atoms with Crippen molar-refractivity contribution in [3.8, 4) is 0 Å². The van der Waals surface area contributed by atoms with Crippen LogP contribution < -0.4 is 10.2 Å². The van der Waals surface area contributed by atoms with Gasteiger partial charge in [0.15, 0.2) is 0 Å². The number of carbonyl (C=O) groups is 1. The molecule has 0 aliphatic carbocycles. The lowest BCUT2D eigenvalue weighted by molar-refractivity contribution is -0.117. The van der Waals surface area contributed by atoms with Crippen molar-refractivity contribution in [1.29, 1.82) is 0 Å². The Kier molecular flexibility index (Phi) is 7.00. The van der Waals surface area contributed by atoms with Crippen LogP contribution in [-0.4, -0.2) is 48.5 Å². The monoisotopic (exact) mass is 418 g/mol. The van der Waals surface area contributed by atoms with Crippen LogP contribution in [0, 0.1) is 0 Å². The third-order valence-corrected chi connectivity index (χ3v) is 6.11. The summed E-state index contributed by atoms with van der Waals surface area (Å²) in [6.07, 6.45) is 1.80. The van der Waals surface area contributed by atoms with Crippen LogP contribution >= 0.6 is 11.8 Å². The number of hydrogen-bond acceptors (Lipinski definition) is 5. The highest BCUT2D eigenvalue weighted by molar-refractivity contribution is 7.98. The number of thioether (sulfide) groups is 1. The van der Waals surface area contributed by atoms with Gasteiger partial charge >= 0.3 is 0 Å². The molecule has 5 nitrogen and oxygen atoms in total. The van der Waals surface area contributed by atoms with Gasteiger partial charge in [0, 0.05) is 49.5 Å². The highest BCUT2D eigenvalue weighted by Crippen LogP contribution is 2.22. The number of aromatic nitrogens is 1. The first-order valence-electron chi connectivity index (χ1n) is 10.2. The molecule has 2 aromatic carbocycles. The molecular formula is C24H26N4OS. The second-order valence-electron chi connectivity index (χ2n) is 7.30. The highest BCUT2D eigenvalue weighted by atomic mass is 32.2. The Morgan fingerprint density at radius 1 is 0.933 bits per heavy atom. The number of para-hydroxylation sites is 1. The molecule has 0 bridgehead atoms. The van der Waals surface area contributed by atoms with Gasteiger partial charge in [0.05, 0.1) is 11.6 Å². The van der Waals surface area contributed by atoms with E-state index in [9.17, 15) is 4.79 Å². The number of amides is 1. The highest BCUT2D eigenvalue weighted by Gasteiger charge is 2.19. The molecule has 6 heteroatoms. The third-order valence-electron chi connectivity index (χ3n) is 5.10. The largest absolute Gasteiger partial charge is 0.369 e. The Morgan fingerprint density at radius 2 is 1.73 bits per heavy atom. The van der Waals surface area contributed by atoms with Crippen LogP contribution in [0.25, 0.3) is 0 Å². The van der Waals surface area contributed by atoms with Crippen molar-refractivity contribution in [3.63, 3.8) is 0 Å². The number of nitrogens with zero attached hydrogens (tertiary/aromatic N) is 3. The number of anilines is 2. The first kappa shape index (κ1) is 20.4. The van der Waals surface area contributed by atoms with Crippen LogP contribution in [0.1, 0.15) is 5.56 Å². The minimum absolute atomic E-state index is 0.0395. The molecular weight excluding hydrogens is 392 g/mol. The molecule has 0 spiro atoms. The first-order chi connectivity index (χ1) is 14.8. The summed E-state index contributed by atoms with van der Waals surface area (Å²) in [7, 11) is 0. The number of pyridine rings is 1. The summed E-state index contributed by atoms with van der Waals surface area (Å²) in [5.74, 6) is 0.861. The normalized spacial score (nSPS) is 14.5. The zero-order valence-electron chi connectivity index (χ0n) is 16.9. The molecule has 4 rings (SSSR count). The average molecular weight is 419 g/mol. The van der Waals surface area contributed by atoms with Gasteiger partial charge in [0.2, 0.25) is 5.91 Å². The fourth-order valence-electron chi connectivity index (χ4n) is 3.54. The molecule has 1 aromatic heterocycles. The van der Waals surface area contributed by atoms with Gasteiger partial charge < -0.3 is 10.2 Å². The maximum atomic E-state index is 12.5. The van der Waals surface area contributed by atoms with Crippen molar-refractivity contribution >= 4 is 29.0 Å². The summed E-state index contributed by atoms with van der Waals surface area (Å²) in [4.78, 5) is 21.5. The molecule has 0 atom stereocenters. The van der Waals surface area contributed by atoms with Crippen molar-refractivity contribution in [1.82, 2.24) is 9.88 Å². The van der Waals surface area contributed by atoms with E-state index in [4.69, 9.17) is 0 Å². The molecule has 0 radical (unpaired) electrons. The maximum Gasteiger partial charge on any atom is 0.238 e. The zero-order chi connectivity index (χ0) is 20.6. The Bertz CT molecular complexity index is 944. The fourth-order valence-corrected chi connectivity index (χ4v) is 4.34. The smallest absolute Gasteiger partial charge is 0.238 e. The van der Waals surface area contributed by atoms with E-state index in [1.165, 1.54) is 11.3 Å². The standard InChI is InChI=1S/C24H26N4OS/c29-23(18-27-13-15-28(16-14-27)22-9-2-1-3-10-22)26-21-8-6-7-20(17-21)19-30-24-11-4-5-12-25-24/h1-12,17H,13-16,18-19H2,(H,26,29). The summed E-state index contributed by atoms with van der Waals surface area (Å²) < 4.78 is 0. The summed E-state index contributed by atoms with van der Waals surface area (Å²) >= 11 is 1.69. The van der Waals surface area contributed by atoms with Gasteiger partial charge in [-0.15, -0.1) is 11.8 Å². The molecule has 154 valence electrons. The van der Waals surface area contributed by atoms with Crippen LogP contribution in [0.3, 0.4) is 0 Å². The molecule has 1 N–H and O–H groups in total. The predicted octanol–water partition coefficient (Wildman–Crippen LogP) is 4.13. The van der Waals surface area contributed by atoms with Crippen molar-refractivity contribution in [2.45, 2.75) is 10.8 Å². The Balaban J connectivity index is 1.24. The number of piperazine rings is 1. The van der Waals surface area contributed by atoms with Crippen molar-refractivity contribution in [3.05, 3.63) is 84.6 Å². The number of benzene rings is 2. The molecule has 3 aromatic rings. The lowest BCUT2D eigenvalue weighted by Gasteiger charge is -2.35. The molecule has 30 heavy (non-hydrogen) atoms. The van der Waals surface area contributed by atoms with Crippen LogP contribution in [0.15, 0.2) is 84.0 Å². The van der Waals surface area contributed by atoms with E-state index in [-0.39, 0.29) is 5.91 Å². The van der Waals surface area contributed by atoms with Gasteiger partial charge in [0.1, 0.15) is 0 Å². The fraction of sp³-hybridized carbons (Fsp3) is 0.250. The van der Waals surface area contributed by atoms with E-state index in [0.29, 0.717) is 6.54 Å². The Hall–Kier alpha value is -2.83. The second kappa shape index (κ2) is 10.3. The summed E-state index contributed by atoms with van der Waals surface area (Å²) in [5, 5.41) is 4.05. The van der Waals surface area contributed by atoms with E-state index in [0.717, 1.165) is 42.6 Å². The van der Waals surface area contributed by atoms with E-state index in [1.807, 2.05) is 42.5 Å². The van der Waals surface area contributed by atoms with Crippen LogP contribution in [0.4, 0.5) is 11.4 Å². The molecule has 1 fully saturated rings. The number of hydrogen-bond donors (Lipinski definition) is 1. The van der Waals surface area contributed by atoms with Crippen LogP contribution in [-0.2, 0) is 10.5 Å². The van der Waals surface area contributed by atoms with Gasteiger partial charge in [-0.05, 0) is 42.0 Å². The molecule has 1 aliphatic rings. The van der Waals surface area contributed by atoms with Gasteiger partial charge in [0.25, 0.3) is 0 Å². The topological polar surface area (TPSA) is 48.5 Å². The maximum absolute atomic E-state index is 12.5. The Labute approximate surface area is 182 Å². The minimum atomic E-state index is 0.0395. The van der Waals surface area contributed by atoms with E-state index >= 15 is 0 Å². The van der Waals surface area contributed by atoms with Crippen molar-refractivity contribution in [2.75, 3.05) is 42.9 Å².